The lowest BCUT2D eigenvalue weighted by atomic mass is 9.81. The molecule has 0 unspecified atom stereocenters. The first-order valence-electron chi connectivity index (χ1n) is 12.3. The number of rotatable bonds is 8. The average molecular weight is 438 g/mol. The summed E-state index contributed by atoms with van der Waals surface area (Å²) in [5.41, 5.74) is 2.85. The molecule has 2 fully saturated rings. The van der Waals surface area contributed by atoms with E-state index in [-0.39, 0.29) is 18.0 Å². The predicted molar refractivity (Wildman–Crippen MR) is 126 cm³/mol. The minimum atomic E-state index is -0.780. The number of nitrogens with zero attached hydrogens (tertiary/aromatic N) is 1. The molecule has 2 saturated carbocycles. The van der Waals surface area contributed by atoms with Gasteiger partial charge in [-0.15, -0.1) is 0 Å². The smallest absolute Gasteiger partial charge is 0.309 e. The minimum absolute atomic E-state index is 0.0144. The number of carbonyl (C=O) groups excluding carboxylic acids is 1. The maximum absolute atomic E-state index is 12.8. The second kappa shape index (κ2) is 12.6. The van der Waals surface area contributed by atoms with E-state index in [1.807, 2.05) is 6.08 Å². The number of esters is 1. The van der Waals surface area contributed by atoms with Crippen molar-refractivity contribution in [2.75, 3.05) is 0 Å². The molecule has 0 bridgehead atoms. The highest BCUT2D eigenvalue weighted by Gasteiger charge is 2.30. The molecule has 4 heteroatoms. The van der Waals surface area contributed by atoms with Gasteiger partial charge in [0.25, 0.3) is 0 Å². The Hall–Kier alpha value is -2.41. The Morgan fingerprint density at radius 3 is 2.41 bits per heavy atom. The molecule has 0 radical (unpaired) electrons. The maximum atomic E-state index is 12.8. The first kappa shape index (κ1) is 24.2. The lowest BCUT2D eigenvalue weighted by Crippen LogP contribution is -2.29. The number of aryl methyl sites for hydroxylation is 1. The number of hydrogen-bond acceptors (Lipinski definition) is 3. The second-order valence-electron chi connectivity index (χ2n) is 9.38. The molecule has 3 rings (SSSR count). The molecule has 0 amide bonds. The highest BCUT2D eigenvalue weighted by molar-refractivity contribution is 5.72. The van der Waals surface area contributed by atoms with E-state index in [4.69, 9.17) is 10.00 Å². The van der Waals surface area contributed by atoms with Crippen LogP contribution < -0.4 is 0 Å². The van der Waals surface area contributed by atoms with Gasteiger partial charge in [-0.1, -0.05) is 49.8 Å². The summed E-state index contributed by atoms with van der Waals surface area (Å²) in [6, 6.07) is 10.6. The molecule has 0 aromatic heterocycles. The van der Waals surface area contributed by atoms with Crippen LogP contribution >= 0.6 is 0 Å². The quantitative estimate of drug-likeness (QED) is 0.243. The van der Waals surface area contributed by atoms with Gasteiger partial charge < -0.3 is 4.74 Å². The van der Waals surface area contributed by atoms with Crippen molar-refractivity contribution in [1.82, 2.24) is 0 Å². The summed E-state index contributed by atoms with van der Waals surface area (Å²) < 4.78 is 18.7. The highest BCUT2D eigenvalue weighted by Crippen LogP contribution is 2.36. The van der Waals surface area contributed by atoms with E-state index < -0.39 is 5.83 Å². The zero-order valence-electron chi connectivity index (χ0n) is 19.3. The summed E-state index contributed by atoms with van der Waals surface area (Å²) >= 11 is 0. The van der Waals surface area contributed by atoms with Gasteiger partial charge in [-0.3, -0.25) is 4.79 Å². The molecule has 1 aromatic rings. The molecular weight excluding hydrogens is 401 g/mol. The summed E-state index contributed by atoms with van der Waals surface area (Å²) in [6.45, 7) is 2.23. The van der Waals surface area contributed by atoms with Gasteiger partial charge in [0.05, 0.1) is 5.92 Å². The van der Waals surface area contributed by atoms with E-state index in [9.17, 15) is 9.18 Å². The lowest BCUT2D eigenvalue weighted by molar-refractivity contribution is -0.157. The molecule has 0 spiro atoms. The fourth-order valence-corrected chi connectivity index (χ4v) is 4.99. The van der Waals surface area contributed by atoms with Crippen LogP contribution in [0.5, 0.6) is 0 Å². The summed E-state index contributed by atoms with van der Waals surface area (Å²) in [6.07, 6.45) is 15.9. The number of allylic oxidation sites excluding steroid dienone is 4. The van der Waals surface area contributed by atoms with Crippen LogP contribution in [-0.4, -0.2) is 12.1 Å². The van der Waals surface area contributed by atoms with Crippen LogP contribution in [0, 0.1) is 23.2 Å². The third kappa shape index (κ3) is 7.33. The van der Waals surface area contributed by atoms with E-state index in [0.29, 0.717) is 11.8 Å². The molecule has 2 aliphatic rings. The molecule has 3 nitrogen and oxygen atoms in total. The zero-order chi connectivity index (χ0) is 22.8. The summed E-state index contributed by atoms with van der Waals surface area (Å²) in [5.74, 6) is 0.0844. The third-order valence-electron chi connectivity index (χ3n) is 7.06. The molecule has 0 saturated heterocycles. The number of carbonyl (C=O) groups is 1. The van der Waals surface area contributed by atoms with Crippen molar-refractivity contribution in [2.24, 2.45) is 11.8 Å². The first-order valence-corrected chi connectivity index (χ1v) is 12.3. The molecule has 0 aliphatic heterocycles. The monoisotopic (exact) mass is 437 g/mol. The fraction of sp³-hybridized carbons (Fsp3) is 0.571. The molecule has 32 heavy (non-hydrogen) atoms. The Balaban J connectivity index is 1.38. The van der Waals surface area contributed by atoms with Gasteiger partial charge in [0.2, 0.25) is 0 Å². The first-order chi connectivity index (χ1) is 15.6. The van der Waals surface area contributed by atoms with E-state index in [0.717, 1.165) is 57.8 Å². The minimum Gasteiger partial charge on any atom is -0.462 e. The van der Waals surface area contributed by atoms with Crippen LogP contribution in [0.3, 0.4) is 0 Å². The number of unbranched alkanes of at least 4 members (excludes halogenated alkanes) is 1. The number of nitriles is 1. The maximum Gasteiger partial charge on any atom is 0.309 e. The van der Waals surface area contributed by atoms with Crippen LogP contribution in [0.25, 0.3) is 0 Å². The van der Waals surface area contributed by atoms with Crippen LogP contribution in [0.15, 0.2) is 48.3 Å². The summed E-state index contributed by atoms with van der Waals surface area (Å²) in [7, 11) is 0. The number of ether oxygens (including phenoxy) is 1. The Bertz CT molecular complexity index is 820. The van der Waals surface area contributed by atoms with Crippen LogP contribution in [-0.2, 0) is 16.0 Å². The third-order valence-corrected chi connectivity index (χ3v) is 7.06. The molecule has 1 aromatic carbocycles. The summed E-state index contributed by atoms with van der Waals surface area (Å²) in [5, 5.41) is 8.43. The molecule has 172 valence electrons. The summed E-state index contributed by atoms with van der Waals surface area (Å²) in [4.78, 5) is 12.7. The van der Waals surface area contributed by atoms with Gasteiger partial charge >= 0.3 is 5.97 Å². The van der Waals surface area contributed by atoms with Crippen molar-refractivity contribution < 1.29 is 13.9 Å². The van der Waals surface area contributed by atoms with Crippen molar-refractivity contribution in [3.05, 3.63) is 59.4 Å². The lowest BCUT2D eigenvalue weighted by Gasteiger charge is -2.31. The second-order valence-corrected chi connectivity index (χ2v) is 9.38. The van der Waals surface area contributed by atoms with E-state index in [1.165, 1.54) is 36.1 Å². The SMILES string of the molecule is CCCCc1ccc([C@H]2CC[C@H](OC(=O)[C@H]3CC[C@H](C=CC=C(F)C#N)CC3)CC2)cc1. The van der Waals surface area contributed by atoms with Crippen LogP contribution in [0.1, 0.15) is 88.2 Å². The van der Waals surface area contributed by atoms with Gasteiger partial charge in [-0.25, -0.2) is 0 Å². The molecular formula is C28H36FNO2. The topological polar surface area (TPSA) is 50.1 Å². The largest absolute Gasteiger partial charge is 0.462 e. The number of benzene rings is 1. The molecule has 0 N–H and O–H groups in total. The Morgan fingerprint density at radius 2 is 1.78 bits per heavy atom. The van der Waals surface area contributed by atoms with Gasteiger partial charge in [-0.2, -0.15) is 9.65 Å². The number of hydrogen-bond donors (Lipinski definition) is 0. The zero-order valence-corrected chi connectivity index (χ0v) is 19.3. The van der Waals surface area contributed by atoms with Crippen molar-refractivity contribution in [3.63, 3.8) is 0 Å². The Kier molecular flexibility index (Phi) is 9.53. The van der Waals surface area contributed by atoms with Crippen LogP contribution in [0.4, 0.5) is 4.39 Å². The number of halogens is 1. The fourth-order valence-electron chi connectivity index (χ4n) is 4.99. The van der Waals surface area contributed by atoms with E-state index >= 15 is 0 Å². The van der Waals surface area contributed by atoms with Gasteiger partial charge in [0.1, 0.15) is 12.2 Å². The normalized spacial score (nSPS) is 26.6. The van der Waals surface area contributed by atoms with Gasteiger partial charge in [0, 0.05) is 0 Å². The highest BCUT2D eigenvalue weighted by atomic mass is 19.1. The van der Waals surface area contributed by atoms with Crippen molar-refractivity contribution >= 4 is 5.97 Å². The van der Waals surface area contributed by atoms with Gasteiger partial charge in [-0.05, 0) is 93.2 Å². The Labute approximate surface area is 192 Å². The van der Waals surface area contributed by atoms with Crippen molar-refractivity contribution in [1.29, 1.82) is 5.26 Å². The van der Waals surface area contributed by atoms with E-state index in [1.54, 1.807) is 6.08 Å². The molecule has 2 aliphatic carbocycles. The molecule has 0 atom stereocenters. The van der Waals surface area contributed by atoms with Crippen molar-refractivity contribution in [2.45, 2.75) is 89.6 Å². The Morgan fingerprint density at radius 1 is 1.09 bits per heavy atom. The predicted octanol–water partition coefficient (Wildman–Crippen LogP) is 7.34. The average Bonchev–Trinajstić information content (AvgIpc) is 2.84. The van der Waals surface area contributed by atoms with Crippen molar-refractivity contribution in [3.8, 4) is 6.07 Å². The molecule has 0 heterocycles. The van der Waals surface area contributed by atoms with Gasteiger partial charge in [0.15, 0.2) is 5.83 Å². The standard InChI is InChI=1S/C28H36FNO2/c1-2-3-5-21-8-12-23(13-9-21)24-16-18-27(19-17-24)32-28(31)25-14-10-22(11-15-25)6-4-7-26(29)20-30/h4,6-9,12-13,22,24-25,27H,2-3,5,10-11,14-19H2,1H3/t22-,24-,25-,27-. The van der Waals surface area contributed by atoms with E-state index in [2.05, 4.69) is 31.2 Å². The van der Waals surface area contributed by atoms with Crippen LogP contribution in [0.2, 0.25) is 0 Å².